The number of ether oxygens (including phenoxy) is 2. The van der Waals surface area contributed by atoms with Gasteiger partial charge in [-0.15, -0.1) is 0 Å². The van der Waals surface area contributed by atoms with Gasteiger partial charge in [0.2, 0.25) is 0 Å². The highest BCUT2D eigenvalue weighted by Crippen LogP contribution is 2.23. The molecule has 0 saturated heterocycles. The Morgan fingerprint density at radius 2 is 1.65 bits per heavy atom. The van der Waals surface area contributed by atoms with Crippen molar-refractivity contribution in [2.24, 2.45) is 0 Å². The molecular weight excluding hydrogens is 384 g/mol. The normalized spacial score (nSPS) is 11.3. The second kappa shape index (κ2) is 9.25. The molecule has 1 heterocycles. The average molecular weight is 415 g/mol. The predicted molar refractivity (Wildman–Crippen MR) is 126 cm³/mol. The SMILES string of the molecule is Cc1cccc(OCCn2c(COc3ccc(C(C)C)cc3)nc3ccccc32)c1C. The lowest BCUT2D eigenvalue weighted by Crippen LogP contribution is -2.13. The lowest BCUT2D eigenvalue weighted by Gasteiger charge is -2.14. The van der Waals surface area contributed by atoms with Crippen LogP contribution in [0.2, 0.25) is 0 Å². The molecule has 4 nitrogen and oxygen atoms in total. The van der Waals surface area contributed by atoms with E-state index in [2.05, 4.69) is 56.5 Å². The van der Waals surface area contributed by atoms with Crippen molar-refractivity contribution in [2.75, 3.05) is 6.61 Å². The van der Waals surface area contributed by atoms with Crippen LogP contribution in [0.5, 0.6) is 11.5 Å². The minimum absolute atomic E-state index is 0.416. The molecule has 4 rings (SSSR count). The number of hydrogen-bond acceptors (Lipinski definition) is 3. The number of rotatable bonds is 8. The topological polar surface area (TPSA) is 36.3 Å². The summed E-state index contributed by atoms with van der Waals surface area (Å²) in [7, 11) is 0. The zero-order chi connectivity index (χ0) is 21.8. The number of aromatic nitrogens is 2. The summed E-state index contributed by atoms with van der Waals surface area (Å²) in [5.74, 6) is 3.20. The Kier molecular flexibility index (Phi) is 6.26. The minimum Gasteiger partial charge on any atom is -0.491 e. The van der Waals surface area contributed by atoms with Crippen LogP contribution < -0.4 is 9.47 Å². The maximum atomic E-state index is 6.10. The van der Waals surface area contributed by atoms with Crippen LogP contribution in [0.25, 0.3) is 11.0 Å². The largest absolute Gasteiger partial charge is 0.491 e. The number of imidazole rings is 1. The smallest absolute Gasteiger partial charge is 0.148 e. The highest BCUT2D eigenvalue weighted by atomic mass is 16.5. The molecule has 160 valence electrons. The van der Waals surface area contributed by atoms with Crippen molar-refractivity contribution < 1.29 is 9.47 Å². The van der Waals surface area contributed by atoms with Gasteiger partial charge in [-0.1, -0.05) is 50.2 Å². The molecule has 0 aliphatic carbocycles. The highest BCUT2D eigenvalue weighted by molar-refractivity contribution is 5.75. The summed E-state index contributed by atoms with van der Waals surface area (Å²) in [4.78, 5) is 4.81. The van der Waals surface area contributed by atoms with E-state index in [0.29, 0.717) is 25.7 Å². The zero-order valence-electron chi connectivity index (χ0n) is 18.8. The van der Waals surface area contributed by atoms with Crippen LogP contribution in [0, 0.1) is 13.8 Å². The van der Waals surface area contributed by atoms with Gasteiger partial charge < -0.3 is 14.0 Å². The van der Waals surface area contributed by atoms with E-state index in [0.717, 1.165) is 28.4 Å². The van der Waals surface area contributed by atoms with E-state index in [1.807, 2.05) is 42.5 Å². The van der Waals surface area contributed by atoms with E-state index >= 15 is 0 Å². The first-order valence-electron chi connectivity index (χ1n) is 10.9. The van der Waals surface area contributed by atoms with Crippen LogP contribution in [-0.2, 0) is 13.2 Å². The summed E-state index contributed by atoms with van der Waals surface area (Å²) in [6.45, 7) is 10.3. The summed E-state index contributed by atoms with van der Waals surface area (Å²) in [5, 5.41) is 0. The monoisotopic (exact) mass is 414 g/mol. The van der Waals surface area contributed by atoms with Crippen LogP contribution in [0.15, 0.2) is 66.7 Å². The first-order valence-corrected chi connectivity index (χ1v) is 10.9. The fraction of sp³-hybridized carbons (Fsp3) is 0.296. The number of para-hydroxylation sites is 2. The molecule has 0 atom stereocenters. The van der Waals surface area contributed by atoms with Crippen molar-refractivity contribution in [1.29, 1.82) is 0 Å². The van der Waals surface area contributed by atoms with Gasteiger partial charge in [-0.05, 0) is 66.8 Å². The molecule has 0 fully saturated rings. The van der Waals surface area contributed by atoms with Crippen molar-refractivity contribution in [3.05, 3.63) is 89.2 Å². The van der Waals surface area contributed by atoms with E-state index in [1.165, 1.54) is 16.7 Å². The van der Waals surface area contributed by atoms with Crippen molar-refractivity contribution in [2.45, 2.75) is 46.8 Å². The van der Waals surface area contributed by atoms with E-state index < -0.39 is 0 Å². The van der Waals surface area contributed by atoms with E-state index in [4.69, 9.17) is 14.5 Å². The third-order valence-electron chi connectivity index (χ3n) is 5.78. The summed E-state index contributed by atoms with van der Waals surface area (Å²) < 4.78 is 14.4. The summed E-state index contributed by atoms with van der Waals surface area (Å²) in [5.41, 5.74) is 5.81. The Labute approximate surface area is 184 Å². The molecule has 0 saturated carbocycles. The molecule has 4 aromatic rings. The molecular formula is C27H30N2O2. The molecule has 0 aliphatic rings. The van der Waals surface area contributed by atoms with Crippen molar-refractivity contribution >= 4 is 11.0 Å². The van der Waals surface area contributed by atoms with Crippen molar-refractivity contribution in [3.8, 4) is 11.5 Å². The maximum absolute atomic E-state index is 6.10. The van der Waals surface area contributed by atoms with E-state index in [9.17, 15) is 0 Å². The Balaban J connectivity index is 1.49. The van der Waals surface area contributed by atoms with Crippen LogP contribution >= 0.6 is 0 Å². The first kappa shape index (κ1) is 21.0. The van der Waals surface area contributed by atoms with E-state index in [-0.39, 0.29) is 0 Å². The number of nitrogens with zero attached hydrogens (tertiary/aromatic N) is 2. The molecule has 0 bridgehead atoms. The fourth-order valence-corrected chi connectivity index (χ4v) is 3.71. The van der Waals surface area contributed by atoms with Gasteiger partial charge in [0.25, 0.3) is 0 Å². The molecule has 0 N–H and O–H groups in total. The van der Waals surface area contributed by atoms with E-state index in [1.54, 1.807) is 0 Å². The van der Waals surface area contributed by atoms with Crippen LogP contribution in [-0.4, -0.2) is 16.2 Å². The molecule has 0 amide bonds. The number of hydrogen-bond donors (Lipinski definition) is 0. The molecule has 31 heavy (non-hydrogen) atoms. The maximum Gasteiger partial charge on any atom is 0.148 e. The van der Waals surface area contributed by atoms with Crippen LogP contribution in [0.3, 0.4) is 0 Å². The van der Waals surface area contributed by atoms with Gasteiger partial charge in [0.1, 0.15) is 30.5 Å². The van der Waals surface area contributed by atoms with Gasteiger partial charge in [-0.2, -0.15) is 0 Å². The number of benzene rings is 3. The summed E-state index contributed by atoms with van der Waals surface area (Å²) in [6, 6.07) is 22.7. The lowest BCUT2D eigenvalue weighted by molar-refractivity contribution is 0.271. The standard InChI is InChI=1S/C27H30N2O2/c1-19(2)22-12-14-23(15-13-22)31-18-27-28-24-9-5-6-10-25(24)29(27)16-17-30-26-11-7-8-20(3)21(26)4/h5-15,19H,16-18H2,1-4H3. The predicted octanol–water partition coefficient (Wildman–Crippen LogP) is 6.43. The molecule has 3 aromatic carbocycles. The Bertz CT molecular complexity index is 1160. The summed E-state index contributed by atoms with van der Waals surface area (Å²) >= 11 is 0. The van der Waals surface area contributed by atoms with Gasteiger partial charge in [0, 0.05) is 0 Å². The highest BCUT2D eigenvalue weighted by Gasteiger charge is 2.12. The Morgan fingerprint density at radius 1 is 0.871 bits per heavy atom. The second-order valence-electron chi connectivity index (χ2n) is 8.23. The molecule has 0 spiro atoms. The van der Waals surface area contributed by atoms with Crippen LogP contribution in [0.4, 0.5) is 0 Å². The Hall–Kier alpha value is -3.27. The molecule has 0 unspecified atom stereocenters. The van der Waals surface area contributed by atoms with Gasteiger partial charge >= 0.3 is 0 Å². The van der Waals surface area contributed by atoms with Gasteiger partial charge in [-0.3, -0.25) is 0 Å². The molecule has 4 heteroatoms. The fourth-order valence-electron chi connectivity index (χ4n) is 3.71. The van der Waals surface area contributed by atoms with Gasteiger partial charge in [-0.25, -0.2) is 4.98 Å². The lowest BCUT2D eigenvalue weighted by atomic mass is 10.0. The average Bonchev–Trinajstić information content (AvgIpc) is 3.13. The third kappa shape index (κ3) is 4.74. The Morgan fingerprint density at radius 3 is 2.42 bits per heavy atom. The number of aryl methyl sites for hydroxylation is 1. The van der Waals surface area contributed by atoms with Crippen LogP contribution in [0.1, 0.15) is 42.3 Å². The van der Waals surface area contributed by atoms with Gasteiger partial charge in [0.15, 0.2) is 0 Å². The minimum atomic E-state index is 0.416. The third-order valence-corrected chi connectivity index (χ3v) is 5.78. The first-order chi connectivity index (χ1) is 15.0. The zero-order valence-corrected chi connectivity index (χ0v) is 18.8. The number of fused-ring (bicyclic) bond motifs is 1. The second-order valence-corrected chi connectivity index (χ2v) is 8.23. The molecule has 1 aromatic heterocycles. The van der Waals surface area contributed by atoms with Gasteiger partial charge in [0.05, 0.1) is 17.6 Å². The quantitative estimate of drug-likeness (QED) is 0.333. The molecule has 0 aliphatic heterocycles. The molecule has 0 radical (unpaired) electrons. The van der Waals surface area contributed by atoms with Crippen molar-refractivity contribution in [1.82, 2.24) is 9.55 Å². The summed E-state index contributed by atoms with van der Waals surface area (Å²) in [6.07, 6.45) is 0. The van der Waals surface area contributed by atoms with Crippen molar-refractivity contribution in [3.63, 3.8) is 0 Å².